The number of benzene rings is 2. The second-order valence-electron chi connectivity index (χ2n) is 7.44. The smallest absolute Gasteiger partial charge is 0.398 e. The highest BCUT2D eigenvalue weighted by molar-refractivity contribution is 6.03. The molecule has 4 rings (SSSR count). The first-order valence-corrected chi connectivity index (χ1v) is 9.66. The zero-order valence-corrected chi connectivity index (χ0v) is 16.0. The van der Waals surface area contributed by atoms with Gasteiger partial charge in [0.15, 0.2) is 0 Å². The van der Waals surface area contributed by atoms with Gasteiger partial charge in [0.2, 0.25) is 5.91 Å². The van der Waals surface area contributed by atoms with Gasteiger partial charge in [-0.2, -0.15) is 13.2 Å². The summed E-state index contributed by atoms with van der Waals surface area (Å²) in [7, 11) is 0. The minimum atomic E-state index is -4.38. The summed E-state index contributed by atoms with van der Waals surface area (Å²) < 4.78 is 37.8. The van der Waals surface area contributed by atoms with Gasteiger partial charge in [-0.1, -0.05) is 18.6 Å². The fraction of sp³-hybridized carbons (Fsp3) is 0.217. The van der Waals surface area contributed by atoms with E-state index in [-0.39, 0.29) is 0 Å². The van der Waals surface area contributed by atoms with Crippen LogP contribution in [0.25, 0.3) is 17.0 Å². The molecule has 0 aliphatic heterocycles. The van der Waals surface area contributed by atoms with Gasteiger partial charge >= 0.3 is 6.18 Å². The summed E-state index contributed by atoms with van der Waals surface area (Å²) in [5.41, 5.74) is 8.96. The number of nitrogens with one attached hydrogen (secondary N) is 1. The van der Waals surface area contributed by atoms with Gasteiger partial charge in [-0.25, -0.2) is 0 Å². The lowest BCUT2D eigenvalue weighted by Crippen LogP contribution is -2.11. The molecule has 1 aliphatic carbocycles. The summed E-state index contributed by atoms with van der Waals surface area (Å²) in [4.78, 5) is 16.9. The maximum absolute atomic E-state index is 12.6. The van der Waals surface area contributed by atoms with E-state index >= 15 is 0 Å². The molecule has 1 saturated carbocycles. The average molecular weight is 411 g/mol. The van der Waals surface area contributed by atoms with E-state index in [4.69, 9.17) is 10.7 Å². The summed E-state index contributed by atoms with van der Waals surface area (Å²) in [6, 6.07) is 11.8. The average Bonchev–Trinajstić information content (AvgIpc) is 2.65. The third kappa shape index (κ3) is 4.30. The van der Waals surface area contributed by atoms with Crippen LogP contribution in [0, 0.1) is 0 Å². The third-order valence-electron chi connectivity index (χ3n) is 5.32. The Kier molecular flexibility index (Phi) is 5.20. The second-order valence-corrected chi connectivity index (χ2v) is 7.44. The summed E-state index contributed by atoms with van der Waals surface area (Å²) in [5.74, 6) is 0.0817. The highest BCUT2D eigenvalue weighted by Crippen LogP contribution is 2.37. The van der Waals surface area contributed by atoms with E-state index < -0.39 is 17.6 Å². The van der Waals surface area contributed by atoms with Crippen LogP contribution in [0.15, 0.2) is 54.6 Å². The SMILES string of the molecule is Nc1cc(C2CCC2)nc2ccc(NC(=O)C=Cc3ccc(C(F)(F)F)cc3)cc12. The number of halogens is 3. The number of nitrogen functional groups attached to an aromatic ring is 1. The van der Waals surface area contributed by atoms with Crippen molar-refractivity contribution in [3.8, 4) is 0 Å². The first kappa shape index (κ1) is 19.9. The van der Waals surface area contributed by atoms with Gasteiger partial charge in [0.05, 0.1) is 11.1 Å². The molecule has 1 amide bonds. The molecule has 4 nitrogen and oxygen atoms in total. The predicted octanol–water partition coefficient (Wildman–Crippen LogP) is 5.76. The second kappa shape index (κ2) is 7.82. The zero-order valence-electron chi connectivity index (χ0n) is 16.0. The number of fused-ring (bicyclic) bond motifs is 1. The van der Waals surface area contributed by atoms with Crippen LogP contribution in [-0.4, -0.2) is 10.9 Å². The van der Waals surface area contributed by atoms with Crippen molar-refractivity contribution in [2.24, 2.45) is 0 Å². The largest absolute Gasteiger partial charge is 0.416 e. The normalized spacial score (nSPS) is 14.8. The van der Waals surface area contributed by atoms with Crippen LogP contribution in [0.5, 0.6) is 0 Å². The number of nitrogens with two attached hydrogens (primary N) is 1. The molecule has 30 heavy (non-hydrogen) atoms. The molecule has 0 unspecified atom stereocenters. The van der Waals surface area contributed by atoms with Crippen LogP contribution in [0.2, 0.25) is 0 Å². The van der Waals surface area contributed by atoms with E-state index in [1.807, 2.05) is 12.1 Å². The van der Waals surface area contributed by atoms with E-state index in [0.29, 0.717) is 22.9 Å². The number of hydrogen-bond donors (Lipinski definition) is 2. The molecule has 0 bridgehead atoms. The number of rotatable bonds is 4. The number of hydrogen-bond acceptors (Lipinski definition) is 3. The van der Waals surface area contributed by atoms with Crippen molar-refractivity contribution < 1.29 is 18.0 Å². The molecule has 0 atom stereocenters. The minimum Gasteiger partial charge on any atom is -0.398 e. The molecule has 7 heteroatoms. The summed E-state index contributed by atoms with van der Waals surface area (Å²) >= 11 is 0. The molecule has 1 heterocycles. The Balaban J connectivity index is 1.46. The molecule has 0 spiro atoms. The van der Waals surface area contributed by atoms with Gasteiger partial charge in [0.25, 0.3) is 0 Å². The number of pyridine rings is 1. The van der Waals surface area contributed by atoms with Gasteiger partial charge in [0.1, 0.15) is 0 Å². The van der Waals surface area contributed by atoms with Crippen LogP contribution in [-0.2, 0) is 11.0 Å². The van der Waals surface area contributed by atoms with E-state index in [2.05, 4.69) is 5.32 Å². The molecule has 1 fully saturated rings. The summed E-state index contributed by atoms with van der Waals surface area (Å²) in [6.45, 7) is 0. The minimum absolute atomic E-state index is 0.396. The number of carbonyl (C=O) groups is 1. The number of aromatic nitrogens is 1. The van der Waals surface area contributed by atoms with Crippen molar-refractivity contribution in [1.82, 2.24) is 4.98 Å². The Morgan fingerprint density at radius 1 is 1.10 bits per heavy atom. The first-order chi connectivity index (χ1) is 14.3. The highest BCUT2D eigenvalue weighted by Gasteiger charge is 2.29. The van der Waals surface area contributed by atoms with Crippen molar-refractivity contribution in [2.75, 3.05) is 11.1 Å². The van der Waals surface area contributed by atoms with Crippen molar-refractivity contribution in [3.63, 3.8) is 0 Å². The molecule has 2 aromatic carbocycles. The monoisotopic (exact) mass is 411 g/mol. The summed E-state index contributed by atoms with van der Waals surface area (Å²) in [6.07, 6.45) is 1.83. The quantitative estimate of drug-likeness (QED) is 0.537. The topological polar surface area (TPSA) is 68.0 Å². The van der Waals surface area contributed by atoms with E-state index in [1.54, 1.807) is 12.1 Å². The van der Waals surface area contributed by atoms with Crippen molar-refractivity contribution in [3.05, 3.63) is 71.4 Å². The maximum Gasteiger partial charge on any atom is 0.416 e. The Morgan fingerprint density at radius 2 is 1.83 bits per heavy atom. The number of amides is 1. The number of alkyl halides is 3. The zero-order chi connectivity index (χ0) is 21.3. The number of carbonyl (C=O) groups excluding carboxylic acids is 1. The molecule has 1 aliphatic rings. The molecule has 3 N–H and O–H groups in total. The number of anilines is 2. The Bertz CT molecular complexity index is 1120. The molecule has 0 saturated heterocycles. The van der Waals surface area contributed by atoms with E-state index in [0.717, 1.165) is 41.6 Å². The van der Waals surface area contributed by atoms with Gasteiger partial charge in [-0.15, -0.1) is 0 Å². The maximum atomic E-state index is 12.6. The molecule has 3 aromatic rings. The van der Waals surface area contributed by atoms with Crippen molar-refractivity contribution in [2.45, 2.75) is 31.4 Å². The molecular weight excluding hydrogens is 391 g/mol. The Labute approximate surface area is 171 Å². The van der Waals surface area contributed by atoms with E-state index in [1.165, 1.54) is 30.7 Å². The van der Waals surface area contributed by atoms with E-state index in [9.17, 15) is 18.0 Å². The fourth-order valence-electron chi connectivity index (χ4n) is 3.40. The first-order valence-electron chi connectivity index (χ1n) is 9.66. The van der Waals surface area contributed by atoms with Crippen molar-refractivity contribution >= 4 is 34.3 Å². The Morgan fingerprint density at radius 3 is 2.47 bits per heavy atom. The van der Waals surface area contributed by atoms with Crippen molar-refractivity contribution in [1.29, 1.82) is 0 Å². The fourth-order valence-corrected chi connectivity index (χ4v) is 3.40. The van der Waals surface area contributed by atoms with Crippen LogP contribution in [0.3, 0.4) is 0 Å². The van der Waals surface area contributed by atoms with Crippen LogP contribution in [0.4, 0.5) is 24.5 Å². The third-order valence-corrected chi connectivity index (χ3v) is 5.32. The molecular formula is C23H20F3N3O. The van der Waals surface area contributed by atoms with Gasteiger partial charge < -0.3 is 11.1 Å². The molecule has 0 radical (unpaired) electrons. The van der Waals surface area contributed by atoms with Crippen LogP contribution >= 0.6 is 0 Å². The number of nitrogens with zero attached hydrogens (tertiary/aromatic N) is 1. The summed E-state index contributed by atoms with van der Waals surface area (Å²) in [5, 5.41) is 3.50. The lowest BCUT2D eigenvalue weighted by molar-refractivity contribution is -0.137. The van der Waals surface area contributed by atoms with Gasteiger partial charge in [-0.05, 0) is 60.9 Å². The van der Waals surface area contributed by atoms with Crippen LogP contribution in [0.1, 0.15) is 42.0 Å². The molecule has 1 aromatic heterocycles. The van der Waals surface area contributed by atoms with Gasteiger partial charge in [0, 0.05) is 34.4 Å². The molecule has 154 valence electrons. The Hall–Kier alpha value is -3.35. The standard InChI is InChI=1S/C23H20F3N3O/c24-23(25,26)16-7-4-14(5-8-16)6-11-22(30)28-17-9-10-20-18(12-17)19(27)13-21(29-20)15-2-1-3-15/h4-13,15H,1-3H2,(H2,27,29)(H,28,30). The lowest BCUT2D eigenvalue weighted by Gasteiger charge is -2.25. The van der Waals surface area contributed by atoms with Crippen LogP contribution < -0.4 is 11.1 Å². The predicted molar refractivity (Wildman–Crippen MR) is 112 cm³/mol. The highest BCUT2D eigenvalue weighted by atomic mass is 19.4. The van der Waals surface area contributed by atoms with Gasteiger partial charge in [-0.3, -0.25) is 9.78 Å². The lowest BCUT2D eigenvalue weighted by atomic mass is 9.82.